The molecule has 1 fully saturated rings. The van der Waals surface area contributed by atoms with Crippen molar-refractivity contribution in [3.8, 4) is 5.75 Å². The Labute approximate surface area is 154 Å². The summed E-state index contributed by atoms with van der Waals surface area (Å²) in [7, 11) is 0. The molecule has 0 bridgehead atoms. The van der Waals surface area contributed by atoms with Crippen LogP contribution in [-0.2, 0) is 19.0 Å². The molecular weight excluding hydrogens is 344 g/mol. The zero-order chi connectivity index (χ0) is 18.3. The standard InChI is InChI=1S/C19H27ClO5/c1-4-22-17(21)7-5-6-10-19(2,3)25-16-9-8-14(20)13-15(16)18-23-11-12-24-18/h8-9,13,18H,4-7,10-12H2,1-3H3. The molecule has 0 aromatic heterocycles. The average Bonchev–Trinajstić information content (AvgIpc) is 3.08. The maximum Gasteiger partial charge on any atom is 0.305 e. The molecule has 5 nitrogen and oxygen atoms in total. The van der Waals surface area contributed by atoms with Crippen molar-refractivity contribution in [2.45, 2.75) is 58.3 Å². The van der Waals surface area contributed by atoms with Gasteiger partial charge in [0.2, 0.25) is 0 Å². The van der Waals surface area contributed by atoms with Gasteiger partial charge in [-0.2, -0.15) is 0 Å². The summed E-state index contributed by atoms with van der Waals surface area (Å²) < 4.78 is 22.3. The van der Waals surface area contributed by atoms with E-state index in [9.17, 15) is 4.79 Å². The van der Waals surface area contributed by atoms with Gasteiger partial charge in [-0.15, -0.1) is 0 Å². The highest BCUT2D eigenvalue weighted by atomic mass is 35.5. The zero-order valence-corrected chi connectivity index (χ0v) is 15.9. The SMILES string of the molecule is CCOC(=O)CCCCC(C)(C)Oc1ccc(Cl)cc1C1OCCO1. The maximum atomic E-state index is 11.4. The van der Waals surface area contributed by atoms with E-state index in [-0.39, 0.29) is 11.6 Å². The van der Waals surface area contributed by atoms with Crippen molar-refractivity contribution in [2.75, 3.05) is 19.8 Å². The molecule has 1 heterocycles. The lowest BCUT2D eigenvalue weighted by Crippen LogP contribution is -2.28. The van der Waals surface area contributed by atoms with E-state index in [2.05, 4.69) is 0 Å². The lowest BCUT2D eigenvalue weighted by atomic mass is 10.00. The first-order chi connectivity index (χ1) is 11.9. The van der Waals surface area contributed by atoms with Gasteiger partial charge in [-0.05, 0) is 58.2 Å². The molecule has 25 heavy (non-hydrogen) atoms. The Morgan fingerprint density at radius 3 is 2.68 bits per heavy atom. The predicted octanol–water partition coefficient (Wildman–Crippen LogP) is 4.67. The molecule has 1 aromatic carbocycles. The summed E-state index contributed by atoms with van der Waals surface area (Å²) in [5, 5.41) is 0.619. The van der Waals surface area contributed by atoms with Gasteiger partial charge in [-0.25, -0.2) is 0 Å². The number of hydrogen-bond donors (Lipinski definition) is 0. The van der Waals surface area contributed by atoms with Gasteiger partial charge in [0.15, 0.2) is 6.29 Å². The van der Waals surface area contributed by atoms with Crippen LogP contribution in [0.1, 0.15) is 58.3 Å². The van der Waals surface area contributed by atoms with E-state index in [0.29, 0.717) is 37.0 Å². The molecule has 0 saturated carbocycles. The molecule has 0 aliphatic carbocycles. The third-order valence-corrected chi connectivity index (χ3v) is 4.18. The summed E-state index contributed by atoms with van der Waals surface area (Å²) in [6.45, 7) is 7.44. The second-order valence-corrected chi connectivity index (χ2v) is 7.07. The van der Waals surface area contributed by atoms with Gasteiger partial charge >= 0.3 is 5.97 Å². The van der Waals surface area contributed by atoms with E-state index in [4.69, 9.17) is 30.5 Å². The highest BCUT2D eigenvalue weighted by Gasteiger charge is 2.26. The fourth-order valence-corrected chi connectivity index (χ4v) is 2.92. The summed E-state index contributed by atoms with van der Waals surface area (Å²) in [4.78, 5) is 11.4. The van der Waals surface area contributed by atoms with E-state index < -0.39 is 6.29 Å². The van der Waals surface area contributed by atoms with Gasteiger partial charge in [0.25, 0.3) is 0 Å². The van der Waals surface area contributed by atoms with Gasteiger partial charge in [-0.3, -0.25) is 4.79 Å². The van der Waals surface area contributed by atoms with Crippen LogP contribution in [-0.4, -0.2) is 31.4 Å². The normalized spacial score (nSPS) is 15.4. The molecule has 140 valence electrons. The Hall–Kier alpha value is -1.30. The molecule has 0 N–H and O–H groups in total. The first-order valence-electron chi connectivity index (χ1n) is 8.78. The van der Waals surface area contributed by atoms with Crippen molar-refractivity contribution in [2.24, 2.45) is 0 Å². The minimum atomic E-state index is -0.437. The number of unbranched alkanes of at least 4 members (excludes halogenated alkanes) is 1. The highest BCUT2D eigenvalue weighted by molar-refractivity contribution is 6.30. The van der Waals surface area contributed by atoms with E-state index in [1.807, 2.05) is 32.9 Å². The topological polar surface area (TPSA) is 54.0 Å². The van der Waals surface area contributed by atoms with Crippen LogP contribution in [0.15, 0.2) is 18.2 Å². The van der Waals surface area contributed by atoms with Crippen LogP contribution in [0.25, 0.3) is 0 Å². The monoisotopic (exact) mass is 370 g/mol. The Balaban J connectivity index is 1.92. The van der Waals surface area contributed by atoms with Crippen molar-refractivity contribution in [1.29, 1.82) is 0 Å². The van der Waals surface area contributed by atoms with Crippen LogP contribution < -0.4 is 4.74 Å². The number of ether oxygens (including phenoxy) is 4. The first kappa shape index (κ1) is 20.0. The van der Waals surface area contributed by atoms with Crippen molar-refractivity contribution in [3.63, 3.8) is 0 Å². The summed E-state index contributed by atoms with van der Waals surface area (Å²) in [5.41, 5.74) is 0.431. The third kappa shape index (κ3) is 6.49. The highest BCUT2D eigenvalue weighted by Crippen LogP contribution is 2.36. The second kappa shape index (κ2) is 9.41. The Kier molecular flexibility index (Phi) is 7.54. The zero-order valence-electron chi connectivity index (χ0n) is 15.2. The largest absolute Gasteiger partial charge is 0.487 e. The minimum Gasteiger partial charge on any atom is -0.487 e. The van der Waals surface area contributed by atoms with Crippen molar-refractivity contribution >= 4 is 17.6 Å². The van der Waals surface area contributed by atoms with Crippen LogP contribution in [0.2, 0.25) is 5.02 Å². The molecular formula is C19H27ClO5. The van der Waals surface area contributed by atoms with Crippen LogP contribution in [0, 0.1) is 0 Å². The molecule has 0 amide bonds. The van der Waals surface area contributed by atoms with Gasteiger partial charge in [0.05, 0.1) is 25.4 Å². The predicted molar refractivity (Wildman–Crippen MR) is 95.9 cm³/mol. The fraction of sp³-hybridized carbons (Fsp3) is 0.632. The maximum absolute atomic E-state index is 11.4. The smallest absolute Gasteiger partial charge is 0.305 e. The quantitative estimate of drug-likeness (QED) is 0.467. The molecule has 1 aromatic rings. The Bertz CT molecular complexity index is 567. The first-order valence-corrected chi connectivity index (χ1v) is 9.16. The molecule has 0 spiro atoms. The molecule has 1 saturated heterocycles. The summed E-state index contributed by atoms with van der Waals surface area (Å²) >= 11 is 6.11. The van der Waals surface area contributed by atoms with Crippen LogP contribution in [0.3, 0.4) is 0 Å². The number of halogens is 1. The molecule has 2 rings (SSSR count). The second-order valence-electron chi connectivity index (χ2n) is 6.63. The van der Waals surface area contributed by atoms with E-state index in [1.165, 1.54) is 0 Å². The number of carbonyl (C=O) groups is 1. The lowest BCUT2D eigenvalue weighted by molar-refractivity contribution is -0.143. The molecule has 0 radical (unpaired) electrons. The molecule has 6 heteroatoms. The molecule has 1 aliphatic rings. The Morgan fingerprint density at radius 1 is 1.28 bits per heavy atom. The third-order valence-electron chi connectivity index (χ3n) is 3.95. The summed E-state index contributed by atoms with van der Waals surface area (Å²) in [6, 6.07) is 5.47. The minimum absolute atomic E-state index is 0.142. The summed E-state index contributed by atoms with van der Waals surface area (Å²) in [6.07, 6.45) is 2.49. The molecule has 0 unspecified atom stereocenters. The van der Waals surface area contributed by atoms with Gasteiger partial charge < -0.3 is 18.9 Å². The van der Waals surface area contributed by atoms with E-state index in [1.54, 1.807) is 6.07 Å². The van der Waals surface area contributed by atoms with Crippen LogP contribution in [0.5, 0.6) is 5.75 Å². The van der Waals surface area contributed by atoms with Gasteiger partial charge in [0.1, 0.15) is 11.4 Å². The van der Waals surface area contributed by atoms with Gasteiger partial charge in [0, 0.05) is 11.4 Å². The van der Waals surface area contributed by atoms with Crippen molar-refractivity contribution in [1.82, 2.24) is 0 Å². The van der Waals surface area contributed by atoms with E-state index >= 15 is 0 Å². The van der Waals surface area contributed by atoms with Crippen molar-refractivity contribution < 1.29 is 23.7 Å². The fourth-order valence-electron chi connectivity index (χ4n) is 2.74. The average molecular weight is 371 g/mol. The Morgan fingerprint density at radius 2 is 2.00 bits per heavy atom. The number of rotatable bonds is 9. The molecule has 1 aliphatic heterocycles. The number of benzene rings is 1. The number of hydrogen-bond acceptors (Lipinski definition) is 5. The summed E-state index contributed by atoms with van der Waals surface area (Å²) in [5.74, 6) is 0.573. The molecule has 0 atom stereocenters. The number of carbonyl (C=O) groups excluding carboxylic acids is 1. The lowest BCUT2D eigenvalue weighted by Gasteiger charge is -2.28. The van der Waals surface area contributed by atoms with Gasteiger partial charge in [-0.1, -0.05) is 11.6 Å². The van der Waals surface area contributed by atoms with E-state index in [0.717, 1.165) is 24.8 Å². The van der Waals surface area contributed by atoms with Crippen LogP contribution in [0.4, 0.5) is 0 Å². The number of esters is 1. The van der Waals surface area contributed by atoms with Crippen molar-refractivity contribution in [3.05, 3.63) is 28.8 Å². The van der Waals surface area contributed by atoms with Crippen LogP contribution >= 0.6 is 11.6 Å².